The Balaban J connectivity index is 2.52. The standard InChI is InChI=1S/C12H16O2S/c1-3-15-9-11(13)7-10-5-4-6-12(8-10)14-2/h4-6,8H,3,7,9H2,1-2H3. The predicted molar refractivity (Wildman–Crippen MR) is 64.7 cm³/mol. The minimum absolute atomic E-state index is 0.273. The molecule has 15 heavy (non-hydrogen) atoms. The Labute approximate surface area is 95.0 Å². The average molecular weight is 224 g/mol. The first-order valence-electron chi connectivity index (χ1n) is 4.98. The van der Waals surface area contributed by atoms with Crippen LogP contribution in [0.3, 0.4) is 0 Å². The van der Waals surface area contributed by atoms with E-state index in [0.29, 0.717) is 12.2 Å². The number of carbonyl (C=O) groups is 1. The summed E-state index contributed by atoms with van der Waals surface area (Å²) < 4.78 is 5.10. The number of thioether (sulfide) groups is 1. The summed E-state index contributed by atoms with van der Waals surface area (Å²) in [6.07, 6.45) is 0.504. The summed E-state index contributed by atoms with van der Waals surface area (Å²) >= 11 is 1.66. The summed E-state index contributed by atoms with van der Waals surface area (Å²) in [5, 5.41) is 0. The predicted octanol–water partition coefficient (Wildman–Crippen LogP) is 2.56. The van der Waals surface area contributed by atoms with E-state index in [2.05, 4.69) is 6.92 Å². The van der Waals surface area contributed by atoms with Crippen molar-refractivity contribution in [3.63, 3.8) is 0 Å². The lowest BCUT2D eigenvalue weighted by Gasteiger charge is -2.03. The number of methoxy groups -OCH3 is 1. The smallest absolute Gasteiger partial charge is 0.147 e. The summed E-state index contributed by atoms with van der Waals surface area (Å²) in [6, 6.07) is 7.66. The highest BCUT2D eigenvalue weighted by atomic mass is 32.2. The highest BCUT2D eigenvalue weighted by molar-refractivity contribution is 7.99. The van der Waals surface area contributed by atoms with Gasteiger partial charge < -0.3 is 4.74 Å². The van der Waals surface area contributed by atoms with Crippen molar-refractivity contribution in [2.75, 3.05) is 18.6 Å². The third kappa shape index (κ3) is 4.38. The number of Topliss-reactive ketones (excluding diaryl/α,β-unsaturated/α-hetero) is 1. The zero-order chi connectivity index (χ0) is 11.1. The number of benzene rings is 1. The Morgan fingerprint density at radius 2 is 2.27 bits per heavy atom. The zero-order valence-electron chi connectivity index (χ0n) is 9.16. The average Bonchev–Trinajstić information content (AvgIpc) is 2.26. The molecule has 1 aromatic rings. The minimum atomic E-state index is 0.273. The van der Waals surface area contributed by atoms with E-state index in [0.717, 1.165) is 17.1 Å². The van der Waals surface area contributed by atoms with Gasteiger partial charge in [0.05, 0.1) is 12.9 Å². The number of hydrogen-bond acceptors (Lipinski definition) is 3. The van der Waals surface area contributed by atoms with Crippen LogP contribution in [0.5, 0.6) is 5.75 Å². The van der Waals surface area contributed by atoms with Crippen LogP contribution in [0, 0.1) is 0 Å². The molecule has 82 valence electrons. The van der Waals surface area contributed by atoms with Crippen LogP contribution in [0.1, 0.15) is 12.5 Å². The van der Waals surface area contributed by atoms with Crippen molar-refractivity contribution in [3.05, 3.63) is 29.8 Å². The van der Waals surface area contributed by atoms with Crippen LogP contribution in [0.25, 0.3) is 0 Å². The summed E-state index contributed by atoms with van der Waals surface area (Å²) in [6.45, 7) is 2.06. The van der Waals surface area contributed by atoms with E-state index in [-0.39, 0.29) is 5.78 Å². The summed E-state index contributed by atoms with van der Waals surface area (Å²) in [4.78, 5) is 11.5. The monoisotopic (exact) mass is 224 g/mol. The molecule has 0 aliphatic carbocycles. The third-order valence-electron chi connectivity index (χ3n) is 2.00. The van der Waals surface area contributed by atoms with Gasteiger partial charge in [-0.05, 0) is 23.4 Å². The lowest BCUT2D eigenvalue weighted by molar-refractivity contribution is -0.116. The first-order chi connectivity index (χ1) is 7.26. The summed E-state index contributed by atoms with van der Waals surface area (Å²) in [7, 11) is 1.63. The second-order valence-electron chi connectivity index (χ2n) is 3.20. The molecular formula is C12H16O2S. The molecule has 3 heteroatoms. The molecule has 0 unspecified atom stereocenters. The van der Waals surface area contributed by atoms with Gasteiger partial charge in [-0.3, -0.25) is 4.79 Å². The van der Waals surface area contributed by atoms with Crippen molar-refractivity contribution < 1.29 is 9.53 Å². The first-order valence-corrected chi connectivity index (χ1v) is 6.14. The highest BCUT2D eigenvalue weighted by Crippen LogP contribution is 2.13. The Morgan fingerprint density at radius 1 is 1.47 bits per heavy atom. The molecule has 0 fully saturated rings. The molecule has 0 aromatic heterocycles. The van der Waals surface area contributed by atoms with Gasteiger partial charge in [-0.1, -0.05) is 19.1 Å². The van der Waals surface area contributed by atoms with Gasteiger partial charge in [-0.15, -0.1) is 0 Å². The molecule has 1 rings (SSSR count). The van der Waals surface area contributed by atoms with Gasteiger partial charge in [0.1, 0.15) is 11.5 Å². The molecule has 2 nitrogen and oxygen atoms in total. The van der Waals surface area contributed by atoms with Gasteiger partial charge in [-0.25, -0.2) is 0 Å². The summed E-state index contributed by atoms with van der Waals surface area (Å²) in [5.74, 6) is 2.68. The van der Waals surface area contributed by atoms with Gasteiger partial charge in [0.2, 0.25) is 0 Å². The molecular weight excluding hydrogens is 208 g/mol. The van der Waals surface area contributed by atoms with E-state index in [1.807, 2.05) is 24.3 Å². The van der Waals surface area contributed by atoms with Crippen molar-refractivity contribution in [1.29, 1.82) is 0 Å². The van der Waals surface area contributed by atoms with Crippen molar-refractivity contribution in [2.45, 2.75) is 13.3 Å². The normalized spacial score (nSPS) is 10.0. The molecule has 1 aromatic carbocycles. The lowest BCUT2D eigenvalue weighted by Crippen LogP contribution is -2.05. The fraction of sp³-hybridized carbons (Fsp3) is 0.417. The third-order valence-corrected chi connectivity index (χ3v) is 2.94. The van der Waals surface area contributed by atoms with Crippen molar-refractivity contribution in [2.24, 2.45) is 0 Å². The minimum Gasteiger partial charge on any atom is -0.497 e. The maximum Gasteiger partial charge on any atom is 0.147 e. The molecule has 0 aliphatic rings. The fourth-order valence-electron chi connectivity index (χ4n) is 1.28. The van der Waals surface area contributed by atoms with Gasteiger partial charge in [0, 0.05) is 6.42 Å². The van der Waals surface area contributed by atoms with Crippen molar-refractivity contribution >= 4 is 17.5 Å². The molecule has 0 saturated carbocycles. The second-order valence-corrected chi connectivity index (χ2v) is 4.48. The number of ether oxygens (including phenoxy) is 1. The quantitative estimate of drug-likeness (QED) is 0.743. The molecule has 0 atom stereocenters. The van der Waals surface area contributed by atoms with Gasteiger partial charge in [0.25, 0.3) is 0 Å². The largest absolute Gasteiger partial charge is 0.497 e. The van der Waals surface area contributed by atoms with Crippen molar-refractivity contribution in [3.8, 4) is 5.75 Å². The van der Waals surface area contributed by atoms with Crippen LogP contribution in [-0.4, -0.2) is 24.4 Å². The van der Waals surface area contributed by atoms with Crippen LogP contribution in [0.4, 0.5) is 0 Å². The Morgan fingerprint density at radius 3 is 2.93 bits per heavy atom. The first kappa shape index (κ1) is 12.1. The lowest BCUT2D eigenvalue weighted by atomic mass is 10.1. The van der Waals surface area contributed by atoms with E-state index in [1.165, 1.54) is 0 Å². The molecule has 0 spiro atoms. The molecule has 0 radical (unpaired) electrons. The molecule has 0 bridgehead atoms. The van der Waals surface area contributed by atoms with Crippen LogP contribution in [0.2, 0.25) is 0 Å². The number of hydrogen-bond donors (Lipinski definition) is 0. The van der Waals surface area contributed by atoms with Gasteiger partial charge in [-0.2, -0.15) is 11.8 Å². The van der Waals surface area contributed by atoms with Crippen LogP contribution in [-0.2, 0) is 11.2 Å². The SMILES string of the molecule is CCSCC(=O)Cc1cccc(OC)c1. The number of rotatable bonds is 6. The topological polar surface area (TPSA) is 26.3 Å². The van der Waals surface area contributed by atoms with E-state index >= 15 is 0 Å². The maximum absolute atomic E-state index is 11.5. The van der Waals surface area contributed by atoms with E-state index in [1.54, 1.807) is 18.9 Å². The summed E-state index contributed by atoms with van der Waals surface area (Å²) in [5.41, 5.74) is 1.02. The zero-order valence-corrected chi connectivity index (χ0v) is 9.97. The second kappa shape index (κ2) is 6.51. The van der Waals surface area contributed by atoms with E-state index in [4.69, 9.17) is 4.74 Å². The van der Waals surface area contributed by atoms with Crippen molar-refractivity contribution in [1.82, 2.24) is 0 Å². The number of carbonyl (C=O) groups excluding carboxylic acids is 1. The Kier molecular flexibility index (Phi) is 5.26. The van der Waals surface area contributed by atoms with Crippen LogP contribution in [0.15, 0.2) is 24.3 Å². The molecule has 0 aliphatic heterocycles. The van der Waals surface area contributed by atoms with E-state index in [9.17, 15) is 4.79 Å². The van der Waals surface area contributed by atoms with E-state index < -0.39 is 0 Å². The molecule has 0 heterocycles. The van der Waals surface area contributed by atoms with Crippen LogP contribution < -0.4 is 4.74 Å². The fourth-order valence-corrected chi connectivity index (χ4v) is 1.81. The molecule has 0 saturated heterocycles. The Bertz CT molecular complexity index is 323. The molecule has 0 N–H and O–H groups in total. The molecule has 0 amide bonds. The maximum atomic E-state index is 11.5. The Hall–Kier alpha value is -0.960. The van der Waals surface area contributed by atoms with Gasteiger partial charge in [0.15, 0.2) is 0 Å². The number of ketones is 1. The van der Waals surface area contributed by atoms with Crippen LogP contribution >= 0.6 is 11.8 Å². The highest BCUT2D eigenvalue weighted by Gasteiger charge is 2.04. The van der Waals surface area contributed by atoms with Gasteiger partial charge >= 0.3 is 0 Å².